The molecular formula is C25H28FNO5. The van der Waals surface area contributed by atoms with E-state index in [0.29, 0.717) is 49.1 Å². The van der Waals surface area contributed by atoms with Gasteiger partial charge in [0.1, 0.15) is 24.3 Å². The second-order valence-electron chi connectivity index (χ2n) is 8.79. The van der Waals surface area contributed by atoms with Crippen LogP contribution in [-0.2, 0) is 15.1 Å². The number of likely N-dealkylation sites (tertiary alicyclic amines) is 1. The summed E-state index contributed by atoms with van der Waals surface area (Å²) in [6.07, 6.45) is 3.86. The monoisotopic (exact) mass is 441 g/mol. The number of benzene rings is 2. The number of amides is 1. The maximum atomic E-state index is 13.8. The van der Waals surface area contributed by atoms with Crippen LogP contribution in [0.2, 0.25) is 0 Å². The Kier molecular flexibility index (Phi) is 5.78. The molecule has 5 rings (SSSR count). The zero-order valence-corrected chi connectivity index (χ0v) is 18.2. The Morgan fingerprint density at radius 2 is 2.09 bits per heavy atom. The average Bonchev–Trinajstić information content (AvgIpc) is 3.22. The number of fused-ring (bicyclic) bond motifs is 1. The molecule has 2 heterocycles. The van der Waals surface area contributed by atoms with Gasteiger partial charge < -0.3 is 23.8 Å². The topological polar surface area (TPSA) is 57.2 Å². The summed E-state index contributed by atoms with van der Waals surface area (Å²) < 4.78 is 37.0. The Morgan fingerprint density at radius 3 is 2.84 bits per heavy atom. The lowest BCUT2D eigenvalue weighted by Gasteiger charge is -2.42. The molecule has 170 valence electrons. The summed E-state index contributed by atoms with van der Waals surface area (Å²) in [6, 6.07) is 11.8. The lowest BCUT2D eigenvalue weighted by Crippen LogP contribution is -2.53. The standard InChI is InChI=1S/C25H28FNO5/c1-29-22-12-18(8-9-21(22)30-15-17-4-2-5-17)24(28)27-11-10-25(23(14-27)31-16-32-25)19-6-3-7-20(26)13-19/h3,6-9,12-13,17,23H,2,4-5,10-11,14-16H2,1H3. The van der Waals surface area contributed by atoms with Gasteiger partial charge in [0.25, 0.3) is 5.91 Å². The van der Waals surface area contributed by atoms with E-state index in [4.69, 9.17) is 18.9 Å². The summed E-state index contributed by atoms with van der Waals surface area (Å²) in [4.78, 5) is 15.0. The highest BCUT2D eigenvalue weighted by Crippen LogP contribution is 2.43. The first kappa shape index (κ1) is 21.2. The van der Waals surface area contributed by atoms with Crippen LogP contribution in [0.4, 0.5) is 4.39 Å². The van der Waals surface area contributed by atoms with Crippen molar-refractivity contribution in [2.24, 2.45) is 5.92 Å². The van der Waals surface area contributed by atoms with Gasteiger partial charge in [0.15, 0.2) is 11.5 Å². The summed E-state index contributed by atoms with van der Waals surface area (Å²) in [7, 11) is 1.58. The van der Waals surface area contributed by atoms with E-state index in [9.17, 15) is 9.18 Å². The predicted octanol–water partition coefficient (Wildman–Crippen LogP) is 4.13. The Balaban J connectivity index is 1.30. The van der Waals surface area contributed by atoms with Gasteiger partial charge in [0, 0.05) is 18.5 Å². The first-order chi connectivity index (χ1) is 15.6. The third kappa shape index (κ3) is 3.84. The molecule has 2 unspecified atom stereocenters. The van der Waals surface area contributed by atoms with Crippen molar-refractivity contribution in [3.05, 3.63) is 59.4 Å². The minimum absolute atomic E-state index is 0.0998. The third-order valence-electron chi connectivity index (χ3n) is 6.96. The molecule has 2 aliphatic heterocycles. The number of carbonyl (C=O) groups is 1. The Hall–Kier alpha value is -2.64. The number of halogens is 1. The zero-order valence-electron chi connectivity index (χ0n) is 18.2. The molecule has 1 saturated carbocycles. The van der Waals surface area contributed by atoms with E-state index < -0.39 is 5.60 Å². The molecule has 0 bridgehead atoms. The molecule has 32 heavy (non-hydrogen) atoms. The smallest absolute Gasteiger partial charge is 0.254 e. The second kappa shape index (κ2) is 8.71. The van der Waals surface area contributed by atoms with E-state index in [1.807, 2.05) is 6.07 Å². The summed E-state index contributed by atoms with van der Waals surface area (Å²) in [5.74, 6) is 1.42. The maximum Gasteiger partial charge on any atom is 0.254 e. The number of rotatable bonds is 6. The molecule has 2 aromatic rings. The highest BCUT2D eigenvalue weighted by Gasteiger charge is 2.51. The van der Waals surface area contributed by atoms with Crippen LogP contribution in [0.3, 0.4) is 0 Å². The van der Waals surface area contributed by atoms with Gasteiger partial charge in [0.05, 0.1) is 20.3 Å². The molecule has 7 heteroatoms. The van der Waals surface area contributed by atoms with Crippen molar-refractivity contribution >= 4 is 5.91 Å². The van der Waals surface area contributed by atoms with Crippen molar-refractivity contribution in [2.45, 2.75) is 37.4 Å². The third-order valence-corrected chi connectivity index (χ3v) is 6.96. The number of nitrogens with zero attached hydrogens (tertiary/aromatic N) is 1. The molecular weight excluding hydrogens is 413 g/mol. The van der Waals surface area contributed by atoms with Gasteiger partial charge in [-0.2, -0.15) is 0 Å². The Bertz CT molecular complexity index is 994. The average molecular weight is 441 g/mol. The number of ether oxygens (including phenoxy) is 4. The van der Waals surface area contributed by atoms with Crippen LogP contribution in [0.1, 0.15) is 41.6 Å². The molecule has 2 saturated heterocycles. The van der Waals surface area contributed by atoms with E-state index in [2.05, 4.69) is 0 Å². The number of carbonyl (C=O) groups excluding carboxylic acids is 1. The van der Waals surface area contributed by atoms with Crippen LogP contribution >= 0.6 is 0 Å². The van der Waals surface area contributed by atoms with E-state index in [1.165, 1.54) is 31.4 Å². The highest BCUT2D eigenvalue weighted by atomic mass is 19.1. The van der Waals surface area contributed by atoms with Gasteiger partial charge in [-0.1, -0.05) is 18.6 Å². The normalized spacial score (nSPS) is 25.2. The summed E-state index contributed by atoms with van der Waals surface area (Å²) in [6.45, 7) is 1.66. The fourth-order valence-corrected chi connectivity index (χ4v) is 4.79. The molecule has 1 aliphatic carbocycles. The molecule has 0 N–H and O–H groups in total. The van der Waals surface area contributed by atoms with Crippen LogP contribution in [0, 0.1) is 11.7 Å². The van der Waals surface area contributed by atoms with Gasteiger partial charge in [-0.15, -0.1) is 0 Å². The van der Waals surface area contributed by atoms with Crippen molar-refractivity contribution in [2.75, 3.05) is 33.6 Å². The fourth-order valence-electron chi connectivity index (χ4n) is 4.79. The minimum atomic E-state index is -0.726. The van der Waals surface area contributed by atoms with Gasteiger partial charge in [0.2, 0.25) is 0 Å². The predicted molar refractivity (Wildman–Crippen MR) is 115 cm³/mol. The molecule has 0 radical (unpaired) electrons. The van der Waals surface area contributed by atoms with E-state index in [1.54, 1.807) is 36.3 Å². The maximum absolute atomic E-state index is 13.8. The molecule has 0 aromatic heterocycles. The van der Waals surface area contributed by atoms with Crippen LogP contribution < -0.4 is 9.47 Å². The van der Waals surface area contributed by atoms with Crippen LogP contribution in [0.25, 0.3) is 0 Å². The second-order valence-corrected chi connectivity index (χ2v) is 8.79. The fraction of sp³-hybridized carbons (Fsp3) is 0.480. The van der Waals surface area contributed by atoms with E-state index in [-0.39, 0.29) is 24.6 Å². The van der Waals surface area contributed by atoms with Gasteiger partial charge in [-0.3, -0.25) is 4.79 Å². The molecule has 0 spiro atoms. The largest absolute Gasteiger partial charge is 0.493 e. The molecule has 2 atom stereocenters. The van der Waals surface area contributed by atoms with Gasteiger partial charge >= 0.3 is 0 Å². The molecule has 6 nitrogen and oxygen atoms in total. The van der Waals surface area contributed by atoms with Crippen LogP contribution in [0.5, 0.6) is 11.5 Å². The Morgan fingerprint density at radius 1 is 1.22 bits per heavy atom. The lowest BCUT2D eigenvalue weighted by atomic mass is 9.82. The van der Waals surface area contributed by atoms with Crippen LogP contribution in [-0.4, -0.2) is 50.5 Å². The number of hydrogen-bond acceptors (Lipinski definition) is 5. The zero-order chi connectivity index (χ0) is 22.1. The molecule has 1 amide bonds. The first-order valence-corrected chi connectivity index (χ1v) is 11.2. The van der Waals surface area contributed by atoms with Crippen molar-refractivity contribution in [3.8, 4) is 11.5 Å². The molecule has 2 aromatic carbocycles. The molecule has 3 aliphatic rings. The van der Waals surface area contributed by atoms with Crippen LogP contribution in [0.15, 0.2) is 42.5 Å². The van der Waals surface area contributed by atoms with Gasteiger partial charge in [-0.25, -0.2) is 4.39 Å². The lowest BCUT2D eigenvalue weighted by molar-refractivity contribution is -0.0441. The summed E-state index contributed by atoms with van der Waals surface area (Å²) in [5.41, 5.74) is 0.562. The summed E-state index contributed by atoms with van der Waals surface area (Å²) >= 11 is 0. The first-order valence-electron chi connectivity index (χ1n) is 11.2. The summed E-state index contributed by atoms with van der Waals surface area (Å²) in [5, 5.41) is 0. The van der Waals surface area contributed by atoms with Crippen molar-refractivity contribution < 1.29 is 28.1 Å². The van der Waals surface area contributed by atoms with Crippen molar-refractivity contribution in [1.82, 2.24) is 4.90 Å². The highest BCUT2D eigenvalue weighted by molar-refractivity contribution is 5.95. The van der Waals surface area contributed by atoms with Crippen molar-refractivity contribution in [1.29, 1.82) is 0 Å². The van der Waals surface area contributed by atoms with Gasteiger partial charge in [-0.05, 0) is 54.7 Å². The SMILES string of the molecule is COc1cc(C(=O)N2CCC3(c4cccc(F)c4)OCOC3C2)ccc1OCC1CCC1. The number of methoxy groups -OCH3 is 1. The quantitative estimate of drug-likeness (QED) is 0.675. The van der Waals surface area contributed by atoms with Crippen molar-refractivity contribution in [3.63, 3.8) is 0 Å². The minimum Gasteiger partial charge on any atom is -0.493 e. The van der Waals surface area contributed by atoms with E-state index in [0.717, 1.165) is 5.56 Å². The molecule has 3 fully saturated rings. The number of hydrogen-bond donors (Lipinski definition) is 0. The Labute approximate surface area is 187 Å². The number of piperidine rings is 1. The van der Waals surface area contributed by atoms with E-state index >= 15 is 0 Å².